The van der Waals surface area contributed by atoms with E-state index in [-0.39, 0.29) is 0 Å². The third-order valence-corrected chi connectivity index (χ3v) is 4.22. The van der Waals surface area contributed by atoms with Crippen LogP contribution in [0.3, 0.4) is 0 Å². The molecule has 2 heterocycles. The summed E-state index contributed by atoms with van der Waals surface area (Å²) >= 11 is 6.32. The molecule has 1 aliphatic heterocycles. The average molecular weight is 293 g/mol. The Hall–Kier alpha value is -2.19. The lowest BCUT2D eigenvalue weighted by Gasteiger charge is -2.18. The van der Waals surface area contributed by atoms with Gasteiger partial charge in [0, 0.05) is 34.3 Å². The Morgan fingerprint density at radius 2 is 1.90 bits per heavy atom. The maximum Gasteiger partial charge on any atom is 0.0738 e. The van der Waals surface area contributed by atoms with Crippen molar-refractivity contribution in [1.29, 1.82) is 0 Å². The molecule has 2 nitrogen and oxygen atoms in total. The molecule has 0 amide bonds. The lowest BCUT2D eigenvalue weighted by atomic mass is 9.93. The topological polar surface area (TPSA) is 25.2 Å². The van der Waals surface area contributed by atoms with Gasteiger partial charge in [-0.2, -0.15) is 0 Å². The fourth-order valence-electron chi connectivity index (χ4n) is 2.85. The number of para-hydroxylation sites is 1. The van der Waals surface area contributed by atoms with E-state index in [2.05, 4.69) is 23.2 Å². The number of aliphatic imine (C=N–C) groups is 1. The van der Waals surface area contributed by atoms with Crippen molar-refractivity contribution in [2.24, 2.45) is 4.99 Å². The Balaban J connectivity index is 1.89. The van der Waals surface area contributed by atoms with Crippen LogP contribution in [0.4, 0.5) is 0 Å². The van der Waals surface area contributed by atoms with Gasteiger partial charge in [0.2, 0.25) is 0 Å². The second-order valence-corrected chi connectivity index (χ2v) is 5.57. The summed E-state index contributed by atoms with van der Waals surface area (Å²) in [6.07, 6.45) is 2.80. The van der Waals surface area contributed by atoms with Crippen LogP contribution < -0.4 is 0 Å². The van der Waals surface area contributed by atoms with E-state index in [1.165, 1.54) is 5.56 Å². The normalized spacial score (nSPS) is 13.9. The molecular weight excluding hydrogens is 280 g/mol. The maximum absolute atomic E-state index is 6.32. The zero-order valence-corrected chi connectivity index (χ0v) is 12.1. The van der Waals surface area contributed by atoms with E-state index in [1.54, 1.807) is 0 Å². The van der Waals surface area contributed by atoms with Gasteiger partial charge in [-0.05, 0) is 30.2 Å². The van der Waals surface area contributed by atoms with Crippen LogP contribution in [0.15, 0.2) is 59.7 Å². The van der Waals surface area contributed by atoms with Gasteiger partial charge in [0.05, 0.1) is 11.2 Å². The molecule has 0 saturated carbocycles. The number of hydrogen-bond acceptors (Lipinski definition) is 2. The summed E-state index contributed by atoms with van der Waals surface area (Å²) in [5.41, 5.74) is 5.38. The van der Waals surface area contributed by atoms with Gasteiger partial charge in [0.1, 0.15) is 0 Å². The lowest BCUT2D eigenvalue weighted by Crippen LogP contribution is -2.14. The highest BCUT2D eigenvalue weighted by atomic mass is 35.5. The van der Waals surface area contributed by atoms with Gasteiger partial charge >= 0.3 is 0 Å². The van der Waals surface area contributed by atoms with Crippen molar-refractivity contribution in [3.63, 3.8) is 0 Å². The molecule has 0 radical (unpaired) electrons. The Morgan fingerprint density at radius 3 is 2.86 bits per heavy atom. The van der Waals surface area contributed by atoms with Gasteiger partial charge < -0.3 is 0 Å². The molecule has 0 bridgehead atoms. The third kappa shape index (κ3) is 2.12. The number of nitrogens with zero attached hydrogens (tertiary/aromatic N) is 2. The van der Waals surface area contributed by atoms with E-state index in [4.69, 9.17) is 16.6 Å². The van der Waals surface area contributed by atoms with Crippen molar-refractivity contribution < 1.29 is 0 Å². The summed E-state index contributed by atoms with van der Waals surface area (Å²) in [5, 5.41) is 1.96. The number of halogens is 1. The molecule has 0 aliphatic carbocycles. The fraction of sp³-hybridized carbons (Fsp3) is 0.111. The highest BCUT2D eigenvalue weighted by Gasteiger charge is 2.18. The Labute approximate surface area is 128 Å². The standard InChI is InChI=1S/C18H13ClN2/c19-16-6-3-5-15-14(16)8-9-20-18(15)13-10-12-4-1-2-7-17(12)21-11-13/h1-7,10-11H,8-9H2. The SMILES string of the molecule is Clc1cccc2c1CCN=C2c1cnc2ccccc2c1. The summed E-state index contributed by atoms with van der Waals surface area (Å²) in [5.74, 6) is 0. The predicted molar refractivity (Wildman–Crippen MR) is 87.4 cm³/mol. The van der Waals surface area contributed by atoms with Gasteiger partial charge in [-0.25, -0.2) is 0 Å². The van der Waals surface area contributed by atoms with E-state index in [1.807, 2.05) is 36.5 Å². The van der Waals surface area contributed by atoms with Gasteiger partial charge in [-0.15, -0.1) is 0 Å². The fourth-order valence-corrected chi connectivity index (χ4v) is 3.12. The molecule has 4 rings (SSSR count). The van der Waals surface area contributed by atoms with Crippen molar-refractivity contribution in [3.05, 3.63) is 76.4 Å². The van der Waals surface area contributed by atoms with Crippen LogP contribution in [-0.4, -0.2) is 17.2 Å². The first-order chi connectivity index (χ1) is 10.3. The number of fused-ring (bicyclic) bond motifs is 2. The molecule has 3 aromatic rings. The molecule has 0 unspecified atom stereocenters. The van der Waals surface area contributed by atoms with Crippen molar-refractivity contribution in [2.75, 3.05) is 6.54 Å². The number of hydrogen-bond donors (Lipinski definition) is 0. The largest absolute Gasteiger partial charge is 0.284 e. The first-order valence-corrected chi connectivity index (χ1v) is 7.38. The van der Waals surface area contributed by atoms with E-state index in [9.17, 15) is 0 Å². The van der Waals surface area contributed by atoms with E-state index >= 15 is 0 Å². The zero-order chi connectivity index (χ0) is 14.2. The van der Waals surface area contributed by atoms with Crippen LogP contribution in [0.1, 0.15) is 16.7 Å². The molecular formula is C18H13ClN2. The molecule has 0 N–H and O–H groups in total. The Kier molecular flexibility index (Phi) is 2.97. The van der Waals surface area contributed by atoms with Crippen molar-refractivity contribution in [1.82, 2.24) is 4.98 Å². The second kappa shape index (κ2) is 4.97. The quantitative estimate of drug-likeness (QED) is 0.657. The lowest BCUT2D eigenvalue weighted by molar-refractivity contribution is 0.944. The minimum Gasteiger partial charge on any atom is -0.284 e. The minimum atomic E-state index is 0.777. The monoisotopic (exact) mass is 292 g/mol. The minimum absolute atomic E-state index is 0.777. The van der Waals surface area contributed by atoms with Crippen LogP contribution in [0.5, 0.6) is 0 Å². The highest BCUT2D eigenvalue weighted by molar-refractivity contribution is 6.32. The molecule has 21 heavy (non-hydrogen) atoms. The van der Waals surface area contributed by atoms with Crippen LogP contribution in [0.2, 0.25) is 5.02 Å². The average Bonchev–Trinajstić information content (AvgIpc) is 2.54. The number of pyridine rings is 1. The van der Waals surface area contributed by atoms with Gasteiger partial charge in [0.15, 0.2) is 0 Å². The predicted octanol–water partition coefficient (Wildman–Crippen LogP) is 4.28. The first-order valence-electron chi connectivity index (χ1n) is 7.00. The number of rotatable bonds is 1. The summed E-state index contributed by atoms with van der Waals surface area (Å²) in [7, 11) is 0. The summed E-state index contributed by atoms with van der Waals surface area (Å²) in [6.45, 7) is 0.777. The molecule has 1 aromatic heterocycles. The number of aromatic nitrogens is 1. The third-order valence-electron chi connectivity index (χ3n) is 3.87. The van der Waals surface area contributed by atoms with E-state index in [0.29, 0.717) is 0 Å². The summed E-state index contributed by atoms with van der Waals surface area (Å²) in [4.78, 5) is 9.24. The first kappa shape index (κ1) is 12.5. The molecule has 0 atom stereocenters. The molecule has 1 aliphatic rings. The highest BCUT2D eigenvalue weighted by Crippen LogP contribution is 2.27. The van der Waals surface area contributed by atoms with Gasteiger partial charge in [-0.3, -0.25) is 9.98 Å². The summed E-state index contributed by atoms with van der Waals surface area (Å²) in [6, 6.07) is 16.3. The molecule has 0 fully saturated rings. The van der Waals surface area contributed by atoms with Gasteiger partial charge in [-0.1, -0.05) is 41.9 Å². The zero-order valence-electron chi connectivity index (χ0n) is 11.4. The van der Waals surface area contributed by atoms with Crippen LogP contribution >= 0.6 is 11.6 Å². The molecule has 0 saturated heterocycles. The Morgan fingerprint density at radius 1 is 1.00 bits per heavy atom. The summed E-state index contributed by atoms with van der Waals surface area (Å²) < 4.78 is 0. The van der Waals surface area contributed by atoms with Gasteiger partial charge in [0.25, 0.3) is 0 Å². The number of benzene rings is 2. The van der Waals surface area contributed by atoms with E-state index < -0.39 is 0 Å². The second-order valence-electron chi connectivity index (χ2n) is 5.16. The van der Waals surface area contributed by atoms with Crippen LogP contribution in [0.25, 0.3) is 10.9 Å². The smallest absolute Gasteiger partial charge is 0.0738 e. The van der Waals surface area contributed by atoms with Crippen LogP contribution in [-0.2, 0) is 6.42 Å². The molecule has 102 valence electrons. The van der Waals surface area contributed by atoms with Crippen molar-refractivity contribution in [2.45, 2.75) is 6.42 Å². The Bertz CT molecular complexity index is 868. The molecule has 3 heteroatoms. The molecule has 0 spiro atoms. The van der Waals surface area contributed by atoms with E-state index in [0.717, 1.165) is 45.7 Å². The maximum atomic E-state index is 6.32. The van der Waals surface area contributed by atoms with Crippen molar-refractivity contribution >= 4 is 28.2 Å². The van der Waals surface area contributed by atoms with Crippen molar-refractivity contribution in [3.8, 4) is 0 Å². The molecule has 2 aromatic carbocycles. The van der Waals surface area contributed by atoms with Crippen LogP contribution in [0, 0.1) is 0 Å².